The summed E-state index contributed by atoms with van der Waals surface area (Å²) in [5.41, 5.74) is 8.10. The van der Waals surface area contributed by atoms with Crippen molar-refractivity contribution in [2.24, 2.45) is 11.8 Å². The molecule has 2 rings (SSSR count). The first kappa shape index (κ1) is 12.9. The third-order valence-corrected chi connectivity index (χ3v) is 3.67. The van der Waals surface area contributed by atoms with Crippen LogP contribution in [0.25, 0.3) is 11.0 Å². The fourth-order valence-electron chi connectivity index (χ4n) is 1.96. The first-order chi connectivity index (χ1) is 8.40. The van der Waals surface area contributed by atoms with Crippen molar-refractivity contribution >= 4 is 17.0 Å². The summed E-state index contributed by atoms with van der Waals surface area (Å²) in [6.45, 7) is 9.13. The van der Waals surface area contributed by atoms with E-state index in [1.54, 1.807) is 6.92 Å². The summed E-state index contributed by atoms with van der Waals surface area (Å²) in [6, 6.07) is 3.28. The van der Waals surface area contributed by atoms with Crippen LogP contribution in [0.5, 0.6) is 0 Å². The molecule has 18 heavy (non-hydrogen) atoms. The Kier molecular flexibility index (Phi) is 3.28. The van der Waals surface area contributed by atoms with Crippen molar-refractivity contribution in [2.75, 3.05) is 5.73 Å². The average Bonchev–Trinajstić information content (AvgIpc) is 2.56. The number of nitrogen functional groups attached to an aromatic ring is 1. The summed E-state index contributed by atoms with van der Waals surface area (Å²) >= 11 is 0. The van der Waals surface area contributed by atoms with Gasteiger partial charge in [0.1, 0.15) is 5.82 Å². The van der Waals surface area contributed by atoms with E-state index in [1.807, 2.05) is 10.6 Å². The highest BCUT2D eigenvalue weighted by Gasteiger charge is 2.15. The van der Waals surface area contributed by atoms with Gasteiger partial charge in [0, 0.05) is 12.6 Å². The van der Waals surface area contributed by atoms with Gasteiger partial charge in [-0.05, 0) is 30.4 Å². The second-order valence-corrected chi connectivity index (χ2v) is 5.39. The normalized spacial score (nSPS) is 13.4. The topological polar surface area (TPSA) is 43.8 Å². The molecule has 0 bridgehead atoms. The molecule has 0 aliphatic rings. The van der Waals surface area contributed by atoms with Gasteiger partial charge in [-0.25, -0.2) is 9.37 Å². The molecule has 4 heteroatoms. The Morgan fingerprint density at radius 3 is 2.61 bits per heavy atom. The maximum Gasteiger partial charge on any atom is 0.201 e. The van der Waals surface area contributed by atoms with Gasteiger partial charge in [0.15, 0.2) is 0 Å². The van der Waals surface area contributed by atoms with Crippen molar-refractivity contribution in [1.29, 1.82) is 0 Å². The van der Waals surface area contributed by atoms with E-state index >= 15 is 0 Å². The van der Waals surface area contributed by atoms with Gasteiger partial charge in [-0.1, -0.05) is 20.8 Å². The van der Waals surface area contributed by atoms with Crippen molar-refractivity contribution in [2.45, 2.75) is 34.2 Å². The van der Waals surface area contributed by atoms with Crippen molar-refractivity contribution in [3.8, 4) is 0 Å². The zero-order valence-corrected chi connectivity index (χ0v) is 11.4. The number of imidazole rings is 1. The molecule has 0 saturated heterocycles. The number of nitrogens with two attached hydrogens (primary N) is 1. The van der Waals surface area contributed by atoms with Crippen LogP contribution < -0.4 is 5.73 Å². The van der Waals surface area contributed by atoms with E-state index in [0.29, 0.717) is 28.9 Å². The molecule has 0 aliphatic heterocycles. The monoisotopic (exact) mass is 249 g/mol. The third-order valence-electron chi connectivity index (χ3n) is 3.67. The molecule has 2 aromatic rings. The highest BCUT2D eigenvalue weighted by molar-refractivity contribution is 5.79. The lowest BCUT2D eigenvalue weighted by molar-refractivity contribution is 0.371. The molecule has 0 fully saturated rings. The first-order valence-corrected chi connectivity index (χ1v) is 6.32. The molecule has 0 aliphatic carbocycles. The number of nitrogens with zero attached hydrogens (tertiary/aromatic N) is 2. The minimum atomic E-state index is -0.232. The van der Waals surface area contributed by atoms with Crippen LogP contribution >= 0.6 is 0 Å². The second-order valence-electron chi connectivity index (χ2n) is 5.39. The summed E-state index contributed by atoms with van der Waals surface area (Å²) in [5.74, 6) is 1.30. The number of fused-ring (bicyclic) bond motifs is 1. The Bertz CT molecular complexity index is 572. The maximum absolute atomic E-state index is 13.5. The Balaban J connectivity index is 2.50. The molecule has 0 saturated carbocycles. The van der Waals surface area contributed by atoms with Crippen LogP contribution in [-0.4, -0.2) is 9.55 Å². The number of benzene rings is 1. The molecule has 1 aromatic heterocycles. The molecule has 98 valence electrons. The standard InChI is InChI=1S/C14H20FN3/c1-8(2)10(4)7-18-13-5-9(3)11(15)6-12(13)17-14(18)16/h5-6,8,10H,7H2,1-4H3,(H2,16,17). The van der Waals surface area contributed by atoms with Gasteiger partial charge in [-0.2, -0.15) is 0 Å². The van der Waals surface area contributed by atoms with E-state index in [2.05, 4.69) is 25.8 Å². The summed E-state index contributed by atoms with van der Waals surface area (Å²) in [6.07, 6.45) is 0. The number of hydrogen-bond donors (Lipinski definition) is 1. The smallest absolute Gasteiger partial charge is 0.201 e. The number of aromatic nitrogens is 2. The minimum absolute atomic E-state index is 0.232. The number of halogens is 1. The predicted molar refractivity (Wildman–Crippen MR) is 72.8 cm³/mol. The van der Waals surface area contributed by atoms with Crippen molar-refractivity contribution in [3.63, 3.8) is 0 Å². The van der Waals surface area contributed by atoms with Gasteiger partial charge in [-0.3, -0.25) is 0 Å². The quantitative estimate of drug-likeness (QED) is 0.906. The molecular formula is C14H20FN3. The Labute approximate surface area is 107 Å². The van der Waals surface area contributed by atoms with Gasteiger partial charge in [-0.15, -0.1) is 0 Å². The van der Waals surface area contributed by atoms with Crippen LogP contribution in [-0.2, 0) is 6.54 Å². The van der Waals surface area contributed by atoms with Crippen LogP contribution in [0.15, 0.2) is 12.1 Å². The van der Waals surface area contributed by atoms with E-state index in [0.717, 1.165) is 12.1 Å². The summed E-state index contributed by atoms with van der Waals surface area (Å²) in [4.78, 5) is 4.23. The largest absolute Gasteiger partial charge is 0.369 e. The van der Waals surface area contributed by atoms with Crippen LogP contribution in [0, 0.1) is 24.6 Å². The van der Waals surface area contributed by atoms with Crippen LogP contribution in [0.1, 0.15) is 26.3 Å². The van der Waals surface area contributed by atoms with Crippen LogP contribution in [0.3, 0.4) is 0 Å². The summed E-state index contributed by atoms with van der Waals surface area (Å²) < 4.78 is 15.5. The van der Waals surface area contributed by atoms with Gasteiger partial charge in [0.2, 0.25) is 5.95 Å². The van der Waals surface area contributed by atoms with Crippen molar-refractivity contribution in [3.05, 3.63) is 23.5 Å². The SMILES string of the molecule is Cc1cc2c(cc1F)nc(N)n2CC(C)C(C)C. The summed E-state index contributed by atoms with van der Waals surface area (Å²) in [7, 11) is 0. The van der Waals surface area contributed by atoms with Gasteiger partial charge in [0.25, 0.3) is 0 Å². The molecular weight excluding hydrogens is 229 g/mol. The number of hydrogen-bond acceptors (Lipinski definition) is 2. The fourth-order valence-corrected chi connectivity index (χ4v) is 1.96. The number of aryl methyl sites for hydroxylation is 1. The second kappa shape index (κ2) is 4.59. The Hall–Kier alpha value is -1.58. The lowest BCUT2D eigenvalue weighted by Gasteiger charge is -2.17. The van der Waals surface area contributed by atoms with E-state index in [1.165, 1.54) is 6.07 Å². The van der Waals surface area contributed by atoms with Gasteiger partial charge in [0.05, 0.1) is 11.0 Å². The lowest BCUT2D eigenvalue weighted by atomic mass is 9.98. The lowest BCUT2D eigenvalue weighted by Crippen LogP contribution is -2.14. The Morgan fingerprint density at radius 2 is 2.00 bits per heavy atom. The minimum Gasteiger partial charge on any atom is -0.369 e. The predicted octanol–water partition coefficient (Wildman–Crippen LogP) is 3.36. The number of rotatable bonds is 3. The average molecular weight is 249 g/mol. The van der Waals surface area contributed by atoms with Crippen molar-refractivity contribution in [1.82, 2.24) is 9.55 Å². The molecule has 1 aromatic carbocycles. The molecule has 0 radical (unpaired) electrons. The highest BCUT2D eigenvalue weighted by atomic mass is 19.1. The summed E-state index contributed by atoms with van der Waals surface area (Å²) in [5, 5.41) is 0. The van der Waals surface area contributed by atoms with E-state index in [-0.39, 0.29) is 5.82 Å². The molecule has 1 unspecified atom stereocenters. The fraction of sp³-hybridized carbons (Fsp3) is 0.500. The highest BCUT2D eigenvalue weighted by Crippen LogP contribution is 2.24. The first-order valence-electron chi connectivity index (χ1n) is 6.32. The molecule has 0 amide bonds. The molecule has 1 atom stereocenters. The van der Waals surface area contributed by atoms with Crippen molar-refractivity contribution < 1.29 is 4.39 Å². The third kappa shape index (κ3) is 2.19. The zero-order chi connectivity index (χ0) is 13.4. The van der Waals surface area contributed by atoms with E-state index < -0.39 is 0 Å². The van der Waals surface area contributed by atoms with E-state index in [4.69, 9.17) is 5.73 Å². The molecule has 3 nitrogen and oxygen atoms in total. The maximum atomic E-state index is 13.5. The van der Waals surface area contributed by atoms with Crippen LogP contribution in [0.4, 0.5) is 10.3 Å². The molecule has 2 N–H and O–H groups in total. The molecule has 0 spiro atoms. The zero-order valence-electron chi connectivity index (χ0n) is 11.4. The van der Waals surface area contributed by atoms with Crippen LogP contribution in [0.2, 0.25) is 0 Å². The van der Waals surface area contributed by atoms with E-state index in [9.17, 15) is 4.39 Å². The van der Waals surface area contributed by atoms with Gasteiger partial charge >= 0.3 is 0 Å². The number of anilines is 1. The Morgan fingerprint density at radius 1 is 1.33 bits per heavy atom. The molecule has 1 heterocycles. The van der Waals surface area contributed by atoms with Gasteiger partial charge < -0.3 is 10.3 Å².